The van der Waals surface area contributed by atoms with Gasteiger partial charge in [0.25, 0.3) is 0 Å². The maximum absolute atomic E-state index is 9.98. The Morgan fingerprint density at radius 3 is 2.29 bits per heavy atom. The summed E-state index contributed by atoms with van der Waals surface area (Å²) < 4.78 is 0. The standard InChI is InChI=1S/C12H14Cl2N2O5/c13-4-1-6-7(2-5(4)14)16-12(15-6)11(21)10(20)9(19)8(18)3-17/h1-2,8-11,17-21H,3H2,(H,15,16)/t8?,9-,10+,11?/m1/s1. The van der Waals surface area contributed by atoms with Crippen LogP contribution in [0.4, 0.5) is 0 Å². The van der Waals surface area contributed by atoms with E-state index in [1.165, 1.54) is 12.1 Å². The molecule has 1 heterocycles. The van der Waals surface area contributed by atoms with Crippen LogP contribution in [0.15, 0.2) is 12.1 Å². The van der Waals surface area contributed by atoms with Crippen LogP contribution >= 0.6 is 23.2 Å². The number of aromatic nitrogens is 2. The van der Waals surface area contributed by atoms with Crippen LogP contribution in [0.1, 0.15) is 11.9 Å². The number of hydrogen-bond acceptors (Lipinski definition) is 6. The minimum absolute atomic E-state index is 0.0278. The molecule has 2 unspecified atom stereocenters. The molecule has 0 aliphatic carbocycles. The second kappa shape index (κ2) is 6.45. The zero-order chi connectivity index (χ0) is 15.7. The largest absolute Gasteiger partial charge is 0.394 e. The van der Waals surface area contributed by atoms with Crippen molar-refractivity contribution in [2.24, 2.45) is 0 Å². The fourth-order valence-electron chi connectivity index (χ4n) is 1.85. The summed E-state index contributed by atoms with van der Waals surface area (Å²) in [7, 11) is 0. The summed E-state index contributed by atoms with van der Waals surface area (Å²) >= 11 is 11.7. The molecule has 1 aromatic heterocycles. The van der Waals surface area contributed by atoms with E-state index in [-0.39, 0.29) is 10.8 Å². The van der Waals surface area contributed by atoms with Gasteiger partial charge in [-0.3, -0.25) is 0 Å². The molecule has 0 aliphatic rings. The molecule has 2 rings (SSSR count). The fourth-order valence-corrected chi connectivity index (χ4v) is 2.17. The van der Waals surface area contributed by atoms with Gasteiger partial charge in [-0.25, -0.2) is 4.98 Å². The summed E-state index contributed by atoms with van der Waals surface area (Å²) in [5.41, 5.74) is 0.908. The molecule has 6 N–H and O–H groups in total. The van der Waals surface area contributed by atoms with Crippen molar-refractivity contribution in [1.82, 2.24) is 9.97 Å². The van der Waals surface area contributed by atoms with Gasteiger partial charge in [0.15, 0.2) is 0 Å². The number of aromatic amines is 1. The summed E-state index contributed by atoms with van der Waals surface area (Å²) in [4.78, 5) is 6.78. The number of benzene rings is 1. The fraction of sp³-hybridized carbons (Fsp3) is 0.417. The van der Waals surface area contributed by atoms with Gasteiger partial charge in [0.2, 0.25) is 0 Å². The molecule has 0 aliphatic heterocycles. The third kappa shape index (κ3) is 3.29. The first-order valence-corrected chi connectivity index (χ1v) is 6.78. The van der Waals surface area contributed by atoms with Gasteiger partial charge in [0.05, 0.1) is 27.7 Å². The molecule has 0 saturated heterocycles. The van der Waals surface area contributed by atoms with Crippen molar-refractivity contribution < 1.29 is 25.5 Å². The summed E-state index contributed by atoms with van der Waals surface area (Å²) in [5, 5.41) is 47.9. The number of imidazole rings is 1. The number of nitrogens with zero attached hydrogens (tertiary/aromatic N) is 1. The number of halogens is 2. The van der Waals surface area contributed by atoms with Crippen LogP contribution in [0, 0.1) is 0 Å². The lowest BCUT2D eigenvalue weighted by Crippen LogP contribution is -2.42. The number of aliphatic hydroxyl groups excluding tert-OH is 5. The van der Waals surface area contributed by atoms with Crippen molar-refractivity contribution >= 4 is 34.2 Å². The molecule has 2 aromatic rings. The molecule has 7 nitrogen and oxygen atoms in total. The highest BCUT2D eigenvalue weighted by Crippen LogP contribution is 2.28. The zero-order valence-corrected chi connectivity index (χ0v) is 12.1. The molecule has 116 valence electrons. The number of H-pyrrole nitrogens is 1. The normalized spacial score (nSPS) is 17.7. The van der Waals surface area contributed by atoms with Crippen LogP contribution in [0.2, 0.25) is 10.0 Å². The Morgan fingerprint density at radius 1 is 1.05 bits per heavy atom. The van der Waals surface area contributed by atoms with Crippen molar-refractivity contribution in [2.75, 3.05) is 6.61 Å². The Kier molecular flexibility index (Phi) is 5.05. The van der Waals surface area contributed by atoms with E-state index < -0.39 is 31.0 Å². The zero-order valence-electron chi connectivity index (χ0n) is 10.6. The maximum atomic E-state index is 9.98. The lowest BCUT2D eigenvalue weighted by Gasteiger charge is -2.24. The molecule has 0 saturated carbocycles. The molecule has 0 fully saturated rings. The Bertz CT molecular complexity index is 596. The van der Waals surface area contributed by atoms with Crippen LogP contribution in [0.5, 0.6) is 0 Å². The Balaban J connectivity index is 2.28. The minimum atomic E-state index is -1.74. The number of rotatable bonds is 5. The third-order valence-electron chi connectivity index (χ3n) is 3.08. The van der Waals surface area contributed by atoms with Crippen LogP contribution in [0.25, 0.3) is 11.0 Å². The van der Waals surface area contributed by atoms with E-state index in [1.807, 2.05) is 0 Å². The monoisotopic (exact) mass is 336 g/mol. The second-order valence-electron chi connectivity index (χ2n) is 4.58. The number of fused-ring (bicyclic) bond motifs is 1. The van der Waals surface area contributed by atoms with E-state index in [4.69, 9.17) is 28.3 Å². The number of aliphatic hydroxyl groups is 5. The molecule has 1 aromatic carbocycles. The predicted octanol–water partition coefficient (Wildman–Crippen LogP) is -0.0219. The molecule has 0 radical (unpaired) electrons. The molecular weight excluding hydrogens is 323 g/mol. The average Bonchev–Trinajstić information content (AvgIpc) is 2.87. The maximum Gasteiger partial charge on any atom is 0.140 e. The van der Waals surface area contributed by atoms with Crippen LogP contribution in [-0.2, 0) is 0 Å². The van der Waals surface area contributed by atoms with Crippen molar-refractivity contribution in [2.45, 2.75) is 24.4 Å². The molecule has 0 bridgehead atoms. The molecular formula is C12H14Cl2N2O5. The van der Waals surface area contributed by atoms with E-state index in [0.717, 1.165) is 0 Å². The highest BCUT2D eigenvalue weighted by molar-refractivity contribution is 6.42. The Morgan fingerprint density at radius 2 is 1.67 bits per heavy atom. The van der Waals surface area contributed by atoms with Gasteiger partial charge in [-0.15, -0.1) is 0 Å². The third-order valence-corrected chi connectivity index (χ3v) is 3.80. The van der Waals surface area contributed by atoms with Crippen molar-refractivity contribution in [3.63, 3.8) is 0 Å². The minimum Gasteiger partial charge on any atom is -0.394 e. The quantitative estimate of drug-likeness (QED) is 0.455. The van der Waals surface area contributed by atoms with Crippen molar-refractivity contribution in [3.05, 3.63) is 28.0 Å². The van der Waals surface area contributed by atoms with E-state index >= 15 is 0 Å². The highest BCUT2D eigenvalue weighted by atomic mass is 35.5. The average molecular weight is 337 g/mol. The number of nitrogens with one attached hydrogen (secondary N) is 1. The second-order valence-corrected chi connectivity index (χ2v) is 5.40. The van der Waals surface area contributed by atoms with Gasteiger partial charge >= 0.3 is 0 Å². The van der Waals surface area contributed by atoms with Crippen molar-refractivity contribution in [3.8, 4) is 0 Å². The first kappa shape index (κ1) is 16.4. The summed E-state index contributed by atoms with van der Waals surface area (Å²) in [5.74, 6) is -0.0278. The highest BCUT2D eigenvalue weighted by Gasteiger charge is 2.32. The first-order valence-electron chi connectivity index (χ1n) is 6.03. The van der Waals surface area contributed by atoms with E-state index in [9.17, 15) is 20.4 Å². The molecule has 9 heteroatoms. The van der Waals surface area contributed by atoms with Gasteiger partial charge in [-0.05, 0) is 12.1 Å². The van der Waals surface area contributed by atoms with Gasteiger partial charge in [0, 0.05) is 0 Å². The van der Waals surface area contributed by atoms with Gasteiger partial charge in [0.1, 0.15) is 30.2 Å². The summed E-state index contributed by atoms with van der Waals surface area (Å²) in [6.45, 7) is -0.754. The molecule has 4 atom stereocenters. The Hall–Kier alpha value is -0.930. The Labute approximate surface area is 129 Å². The van der Waals surface area contributed by atoms with E-state index in [1.54, 1.807) is 0 Å². The number of hydrogen-bond donors (Lipinski definition) is 6. The lowest BCUT2D eigenvalue weighted by atomic mass is 10.0. The SMILES string of the molecule is OCC(O)[C@@H](O)[C@H](O)C(O)c1nc2cc(Cl)c(Cl)cc2[nH]1. The topological polar surface area (TPSA) is 130 Å². The predicted molar refractivity (Wildman–Crippen MR) is 76.2 cm³/mol. The van der Waals surface area contributed by atoms with Gasteiger partial charge < -0.3 is 30.5 Å². The van der Waals surface area contributed by atoms with Crippen LogP contribution in [-0.4, -0.2) is 60.4 Å². The lowest BCUT2D eigenvalue weighted by molar-refractivity contribution is -0.117. The molecule has 0 spiro atoms. The van der Waals surface area contributed by atoms with E-state index in [0.29, 0.717) is 16.1 Å². The van der Waals surface area contributed by atoms with Gasteiger partial charge in [-0.1, -0.05) is 23.2 Å². The first-order chi connectivity index (χ1) is 9.85. The van der Waals surface area contributed by atoms with Gasteiger partial charge in [-0.2, -0.15) is 0 Å². The summed E-state index contributed by atoms with van der Waals surface area (Å²) in [6.07, 6.45) is -6.64. The van der Waals surface area contributed by atoms with E-state index in [2.05, 4.69) is 9.97 Å². The molecule has 0 amide bonds. The summed E-state index contributed by atoms with van der Waals surface area (Å²) in [6, 6.07) is 2.99. The van der Waals surface area contributed by atoms with Crippen LogP contribution in [0.3, 0.4) is 0 Å². The van der Waals surface area contributed by atoms with Crippen LogP contribution < -0.4 is 0 Å². The molecule has 21 heavy (non-hydrogen) atoms. The van der Waals surface area contributed by atoms with Crippen molar-refractivity contribution in [1.29, 1.82) is 0 Å². The smallest absolute Gasteiger partial charge is 0.140 e.